The van der Waals surface area contributed by atoms with Crippen LogP contribution in [-0.4, -0.2) is 17.2 Å². The van der Waals surface area contributed by atoms with E-state index in [0.717, 1.165) is 16.7 Å². The highest BCUT2D eigenvalue weighted by Gasteiger charge is 2.07. The molecule has 0 aliphatic carbocycles. The van der Waals surface area contributed by atoms with Gasteiger partial charge in [0.25, 0.3) is 0 Å². The van der Waals surface area contributed by atoms with Gasteiger partial charge in [-0.15, -0.1) is 0 Å². The standard InChI is InChI=1S/C13H13NO2/c1-9-7-13(16-2)14-8-11(9)10-5-3-4-6-12(10)15/h3-8,15H,1-2H3. The third kappa shape index (κ3) is 1.84. The Morgan fingerprint density at radius 2 is 1.94 bits per heavy atom. The molecule has 0 aliphatic heterocycles. The summed E-state index contributed by atoms with van der Waals surface area (Å²) < 4.78 is 5.04. The number of nitrogens with zero attached hydrogens (tertiary/aromatic N) is 1. The number of aryl methyl sites for hydroxylation is 1. The van der Waals surface area contributed by atoms with Gasteiger partial charge in [-0.25, -0.2) is 4.98 Å². The number of pyridine rings is 1. The van der Waals surface area contributed by atoms with Crippen molar-refractivity contribution in [2.45, 2.75) is 6.92 Å². The van der Waals surface area contributed by atoms with E-state index in [1.54, 1.807) is 25.4 Å². The molecule has 0 atom stereocenters. The topological polar surface area (TPSA) is 42.4 Å². The molecule has 3 heteroatoms. The van der Waals surface area contributed by atoms with E-state index in [1.807, 2.05) is 25.1 Å². The number of hydrogen-bond donors (Lipinski definition) is 1. The molecule has 1 aromatic carbocycles. The van der Waals surface area contributed by atoms with E-state index in [0.29, 0.717) is 5.88 Å². The van der Waals surface area contributed by atoms with Crippen molar-refractivity contribution in [3.8, 4) is 22.8 Å². The minimum absolute atomic E-state index is 0.262. The molecule has 82 valence electrons. The molecule has 3 nitrogen and oxygen atoms in total. The van der Waals surface area contributed by atoms with E-state index >= 15 is 0 Å². The van der Waals surface area contributed by atoms with E-state index in [2.05, 4.69) is 4.98 Å². The molecule has 16 heavy (non-hydrogen) atoms. The first kappa shape index (κ1) is 10.5. The van der Waals surface area contributed by atoms with Crippen LogP contribution in [0.2, 0.25) is 0 Å². The molecule has 1 heterocycles. The first-order chi connectivity index (χ1) is 7.72. The third-order valence-electron chi connectivity index (χ3n) is 2.49. The summed E-state index contributed by atoms with van der Waals surface area (Å²) in [6.07, 6.45) is 1.71. The van der Waals surface area contributed by atoms with Gasteiger partial charge in [0.05, 0.1) is 7.11 Å². The number of ether oxygens (including phenoxy) is 1. The van der Waals surface area contributed by atoms with E-state index in [1.165, 1.54) is 0 Å². The van der Waals surface area contributed by atoms with Crippen LogP contribution in [0, 0.1) is 6.92 Å². The predicted molar refractivity (Wildman–Crippen MR) is 62.6 cm³/mol. The summed E-state index contributed by atoms with van der Waals surface area (Å²) >= 11 is 0. The van der Waals surface area contributed by atoms with Gasteiger partial charge in [0.2, 0.25) is 5.88 Å². The first-order valence-corrected chi connectivity index (χ1v) is 5.01. The second-order valence-electron chi connectivity index (χ2n) is 3.56. The highest BCUT2D eigenvalue weighted by atomic mass is 16.5. The molecule has 1 aromatic heterocycles. The Balaban J connectivity index is 2.53. The number of aromatic hydroxyl groups is 1. The molecule has 0 fully saturated rings. The molecule has 2 rings (SSSR count). The number of rotatable bonds is 2. The summed E-state index contributed by atoms with van der Waals surface area (Å²) in [5.41, 5.74) is 2.72. The molecule has 0 amide bonds. The summed E-state index contributed by atoms with van der Waals surface area (Å²) in [7, 11) is 1.58. The Labute approximate surface area is 94.3 Å². The SMILES string of the molecule is COc1cc(C)c(-c2ccccc2O)cn1. The van der Waals surface area contributed by atoms with Gasteiger partial charge in [-0.05, 0) is 18.6 Å². The Bertz CT molecular complexity index is 509. The van der Waals surface area contributed by atoms with Crippen LogP contribution in [0.5, 0.6) is 11.6 Å². The largest absolute Gasteiger partial charge is 0.507 e. The zero-order valence-electron chi connectivity index (χ0n) is 9.27. The van der Waals surface area contributed by atoms with Gasteiger partial charge in [-0.3, -0.25) is 0 Å². The van der Waals surface area contributed by atoms with Gasteiger partial charge >= 0.3 is 0 Å². The molecule has 0 bridgehead atoms. The maximum Gasteiger partial charge on any atom is 0.213 e. The number of methoxy groups -OCH3 is 1. The molecule has 2 aromatic rings. The maximum absolute atomic E-state index is 9.76. The van der Waals surface area contributed by atoms with Crippen LogP contribution in [0.25, 0.3) is 11.1 Å². The van der Waals surface area contributed by atoms with E-state index < -0.39 is 0 Å². The monoisotopic (exact) mass is 215 g/mol. The van der Waals surface area contributed by atoms with Crippen molar-refractivity contribution in [1.29, 1.82) is 0 Å². The van der Waals surface area contributed by atoms with Gasteiger partial charge in [0.15, 0.2) is 0 Å². The van der Waals surface area contributed by atoms with Gasteiger partial charge in [0, 0.05) is 23.4 Å². The van der Waals surface area contributed by atoms with Gasteiger partial charge in [0.1, 0.15) is 5.75 Å². The average molecular weight is 215 g/mol. The van der Waals surface area contributed by atoms with Crippen LogP contribution in [0.3, 0.4) is 0 Å². The van der Waals surface area contributed by atoms with Crippen molar-refractivity contribution in [2.24, 2.45) is 0 Å². The lowest BCUT2D eigenvalue weighted by Crippen LogP contribution is -1.91. The summed E-state index contributed by atoms with van der Waals surface area (Å²) in [6.45, 7) is 1.96. The van der Waals surface area contributed by atoms with Crippen LogP contribution < -0.4 is 4.74 Å². The van der Waals surface area contributed by atoms with E-state index in [-0.39, 0.29) is 5.75 Å². The fraction of sp³-hybridized carbons (Fsp3) is 0.154. The molecule has 0 aliphatic rings. The van der Waals surface area contributed by atoms with Crippen LogP contribution in [0.15, 0.2) is 36.5 Å². The molecular formula is C13H13NO2. The number of para-hydroxylation sites is 1. The molecule has 1 N–H and O–H groups in total. The van der Waals surface area contributed by atoms with E-state index in [9.17, 15) is 5.11 Å². The van der Waals surface area contributed by atoms with Crippen molar-refractivity contribution in [3.63, 3.8) is 0 Å². The first-order valence-electron chi connectivity index (χ1n) is 5.01. The molecule has 0 spiro atoms. The van der Waals surface area contributed by atoms with Crippen molar-refractivity contribution in [3.05, 3.63) is 42.1 Å². The smallest absolute Gasteiger partial charge is 0.213 e. The average Bonchev–Trinajstić information content (AvgIpc) is 2.30. The minimum Gasteiger partial charge on any atom is -0.507 e. The summed E-state index contributed by atoms with van der Waals surface area (Å²) in [4.78, 5) is 4.14. The zero-order chi connectivity index (χ0) is 11.5. The maximum atomic E-state index is 9.76. The van der Waals surface area contributed by atoms with Crippen molar-refractivity contribution < 1.29 is 9.84 Å². The Morgan fingerprint density at radius 3 is 2.56 bits per heavy atom. The lowest BCUT2D eigenvalue weighted by Gasteiger charge is -2.08. The minimum atomic E-state index is 0.262. The fourth-order valence-corrected chi connectivity index (χ4v) is 1.63. The zero-order valence-corrected chi connectivity index (χ0v) is 9.27. The Kier molecular flexibility index (Phi) is 2.77. The van der Waals surface area contributed by atoms with Crippen molar-refractivity contribution >= 4 is 0 Å². The summed E-state index contributed by atoms with van der Waals surface area (Å²) in [6, 6.07) is 9.07. The molecule has 0 saturated heterocycles. The second-order valence-corrected chi connectivity index (χ2v) is 3.56. The van der Waals surface area contributed by atoms with E-state index in [4.69, 9.17) is 4.74 Å². The fourth-order valence-electron chi connectivity index (χ4n) is 1.63. The number of phenols is 1. The summed E-state index contributed by atoms with van der Waals surface area (Å²) in [5.74, 6) is 0.842. The molecule has 0 saturated carbocycles. The predicted octanol–water partition coefficient (Wildman–Crippen LogP) is 2.77. The van der Waals surface area contributed by atoms with Crippen molar-refractivity contribution in [1.82, 2.24) is 4.98 Å². The Morgan fingerprint density at radius 1 is 1.19 bits per heavy atom. The highest BCUT2D eigenvalue weighted by Crippen LogP contribution is 2.31. The normalized spacial score (nSPS) is 10.1. The highest BCUT2D eigenvalue weighted by molar-refractivity contribution is 5.72. The molecule has 0 unspecified atom stereocenters. The van der Waals surface area contributed by atoms with Crippen LogP contribution >= 0.6 is 0 Å². The lowest BCUT2D eigenvalue weighted by atomic mass is 10.0. The van der Waals surface area contributed by atoms with Gasteiger partial charge < -0.3 is 9.84 Å². The lowest BCUT2D eigenvalue weighted by molar-refractivity contribution is 0.397. The molecule has 0 radical (unpaired) electrons. The number of phenolic OH excluding ortho intramolecular Hbond substituents is 1. The second kappa shape index (κ2) is 4.23. The quantitative estimate of drug-likeness (QED) is 0.837. The third-order valence-corrected chi connectivity index (χ3v) is 2.49. The summed E-state index contributed by atoms with van der Waals surface area (Å²) in [5, 5.41) is 9.76. The van der Waals surface area contributed by atoms with Gasteiger partial charge in [-0.1, -0.05) is 18.2 Å². The number of benzene rings is 1. The van der Waals surface area contributed by atoms with Crippen molar-refractivity contribution in [2.75, 3.05) is 7.11 Å². The Hall–Kier alpha value is -2.03. The number of aromatic nitrogens is 1. The molecular weight excluding hydrogens is 202 g/mol. The van der Waals surface area contributed by atoms with Gasteiger partial charge in [-0.2, -0.15) is 0 Å². The van der Waals surface area contributed by atoms with Crippen LogP contribution in [0.1, 0.15) is 5.56 Å². The number of hydrogen-bond acceptors (Lipinski definition) is 3. The van der Waals surface area contributed by atoms with Crippen LogP contribution in [-0.2, 0) is 0 Å². The van der Waals surface area contributed by atoms with Crippen LogP contribution in [0.4, 0.5) is 0 Å².